The highest BCUT2D eigenvalue weighted by molar-refractivity contribution is 5.88. The number of amides is 2. The van der Waals surface area contributed by atoms with Crippen LogP contribution in [-0.2, 0) is 13.0 Å². The molecule has 0 aliphatic rings. The summed E-state index contributed by atoms with van der Waals surface area (Å²) in [6.45, 7) is 0.840. The molecule has 2 aromatic rings. The Hall–Kier alpha value is -2.51. The molecule has 0 unspecified atom stereocenters. The highest BCUT2D eigenvalue weighted by Gasteiger charge is 2.32. The van der Waals surface area contributed by atoms with Crippen molar-refractivity contribution in [2.75, 3.05) is 11.9 Å². The molecule has 2 amide bonds. The minimum Gasteiger partial charge on any atom is -0.331 e. The number of aromatic nitrogens is 2. The molecule has 22 heavy (non-hydrogen) atoms. The minimum absolute atomic E-state index is 0.370. The Labute approximate surface area is 125 Å². The lowest BCUT2D eigenvalue weighted by Gasteiger charge is -2.17. The Morgan fingerprint density at radius 3 is 2.50 bits per heavy atom. The summed E-state index contributed by atoms with van der Waals surface area (Å²) in [4.78, 5) is 11.6. The maximum Gasteiger partial charge on any atom is 0.320 e. The topological polar surface area (TPSA) is 59.0 Å². The summed E-state index contributed by atoms with van der Waals surface area (Å²) < 4.78 is 41.9. The quantitative estimate of drug-likeness (QED) is 0.912. The van der Waals surface area contributed by atoms with Gasteiger partial charge in [-0.15, -0.1) is 0 Å². The molecule has 1 heterocycles. The number of rotatable bonds is 4. The molecule has 0 bridgehead atoms. The van der Waals surface area contributed by atoms with E-state index in [0.717, 1.165) is 24.3 Å². The molecule has 0 spiro atoms. The zero-order valence-electron chi connectivity index (χ0n) is 12.0. The van der Waals surface area contributed by atoms with Crippen LogP contribution in [0.3, 0.4) is 0 Å². The number of hydrogen-bond donors (Lipinski definition) is 2. The summed E-state index contributed by atoms with van der Waals surface area (Å²) in [6.07, 6.45) is 0. The molecular formula is C14H15F3N4O. The zero-order chi connectivity index (χ0) is 16.3. The Kier molecular flexibility index (Phi) is 4.39. The van der Waals surface area contributed by atoms with Crippen LogP contribution in [0.5, 0.6) is 0 Å². The van der Waals surface area contributed by atoms with Gasteiger partial charge < -0.3 is 5.32 Å². The van der Waals surface area contributed by atoms with E-state index in [0.29, 0.717) is 11.5 Å². The van der Waals surface area contributed by atoms with Crippen molar-refractivity contribution in [2.45, 2.75) is 12.8 Å². The van der Waals surface area contributed by atoms with E-state index in [4.69, 9.17) is 0 Å². The Bertz CT molecular complexity index is 667. The lowest BCUT2D eigenvalue weighted by Crippen LogP contribution is -2.37. The Balaban J connectivity index is 1.95. The maximum absolute atomic E-state index is 13.9. The average Bonchev–Trinajstić information content (AvgIpc) is 2.75. The summed E-state index contributed by atoms with van der Waals surface area (Å²) in [6, 6.07) is 4.70. The number of nitrogens with one attached hydrogen (secondary N) is 2. The molecular weight excluding hydrogens is 297 g/mol. The third kappa shape index (κ3) is 3.78. The first-order valence-corrected chi connectivity index (χ1v) is 6.47. The van der Waals surface area contributed by atoms with Crippen LogP contribution in [0.15, 0.2) is 30.3 Å². The predicted molar refractivity (Wildman–Crippen MR) is 75.3 cm³/mol. The van der Waals surface area contributed by atoms with Crippen LogP contribution >= 0.6 is 0 Å². The second kappa shape index (κ2) is 6.08. The fraction of sp³-hybridized carbons (Fsp3) is 0.286. The van der Waals surface area contributed by atoms with Gasteiger partial charge in [-0.1, -0.05) is 12.1 Å². The molecule has 0 saturated carbocycles. The van der Waals surface area contributed by atoms with Gasteiger partial charge >= 0.3 is 6.03 Å². The summed E-state index contributed by atoms with van der Waals surface area (Å²) in [5.74, 6) is -3.51. The third-order valence-electron chi connectivity index (χ3n) is 2.98. The number of halogens is 3. The van der Waals surface area contributed by atoms with E-state index < -0.39 is 24.3 Å². The zero-order valence-corrected chi connectivity index (χ0v) is 12.0. The molecule has 0 radical (unpaired) electrons. The molecule has 8 heteroatoms. The van der Waals surface area contributed by atoms with Crippen LogP contribution in [0.2, 0.25) is 0 Å². The van der Waals surface area contributed by atoms with Crippen molar-refractivity contribution in [3.8, 4) is 0 Å². The summed E-state index contributed by atoms with van der Waals surface area (Å²) in [5.41, 5.74) is 0.319. The van der Waals surface area contributed by atoms with Gasteiger partial charge in [-0.2, -0.15) is 13.9 Å². The van der Waals surface area contributed by atoms with Crippen molar-refractivity contribution in [1.29, 1.82) is 0 Å². The van der Waals surface area contributed by atoms with Gasteiger partial charge in [0.05, 0.1) is 12.2 Å². The highest BCUT2D eigenvalue weighted by Crippen LogP contribution is 2.27. The van der Waals surface area contributed by atoms with Crippen molar-refractivity contribution in [1.82, 2.24) is 15.1 Å². The van der Waals surface area contributed by atoms with E-state index in [9.17, 15) is 18.0 Å². The third-order valence-corrected chi connectivity index (χ3v) is 2.98. The van der Waals surface area contributed by atoms with Gasteiger partial charge in [0, 0.05) is 18.7 Å². The van der Waals surface area contributed by atoms with Gasteiger partial charge in [0.25, 0.3) is 5.92 Å². The summed E-state index contributed by atoms with van der Waals surface area (Å²) in [5, 5.41) is 8.53. The van der Waals surface area contributed by atoms with E-state index in [2.05, 4.69) is 15.7 Å². The van der Waals surface area contributed by atoms with Crippen LogP contribution in [0.1, 0.15) is 11.3 Å². The van der Waals surface area contributed by atoms with Crippen LogP contribution < -0.4 is 10.6 Å². The second-order valence-electron chi connectivity index (χ2n) is 4.81. The summed E-state index contributed by atoms with van der Waals surface area (Å²) >= 11 is 0. The molecule has 1 aromatic carbocycles. The molecule has 2 N–H and O–H groups in total. The van der Waals surface area contributed by atoms with Crippen molar-refractivity contribution >= 4 is 11.8 Å². The molecule has 0 aliphatic heterocycles. The number of carbonyl (C=O) groups excluding carboxylic acids is 1. The van der Waals surface area contributed by atoms with E-state index >= 15 is 0 Å². The van der Waals surface area contributed by atoms with Crippen molar-refractivity contribution in [3.05, 3.63) is 47.4 Å². The molecule has 2 rings (SSSR count). The lowest BCUT2D eigenvalue weighted by atomic mass is 10.1. The van der Waals surface area contributed by atoms with E-state index in [1.54, 1.807) is 20.0 Å². The first kappa shape index (κ1) is 15.9. The van der Waals surface area contributed by atoms with Crippen molar-refractivity contribution in [3.63, 3.8) is 0 Å². The molecule has 5 nitrogen and oxygen atoms in total. The van der Waals surface area contributed by atoms with Gasteiger partial charge in [0.1, 0.15) is 11.6 Å². The first-order chi connectivity index (χ1) is 10.3. The Morgan fingerprint density at radius 2 is 1.95 bits per heavy atom. The van der Waals surface area contributed by atoms with Gasteiger partial charge in [0.15, 0.2) is 0 Å². The Morgan fingerprint density at radius 1 is 1.32 bits per heavy atom. The molecule has 118 valence electrons. The van der Waals surface area contributed by atoms with Crippen LogP contribution in [0.4, 0.5) is 23.8 Å². The summed E-state index contributed by atoms with van der Waals surface area (Å²) in [7, 11) is 1.62. The maximum atomic E-state index is 13.9. The number of carbonyl (C=O) groups is 1. The number of hydrogen-bond acceptors (Lipinski definition) is 2. The van der Waals surface area contributed by atoms with Gasteiger partial charge in [-0.05, 0) is 19.1 Å². The van der Waals surface area contributed by atoms with Crippen LogP contribution in [-0.4, -0.2) is 22.4 Å². The standard InChI is InChI=1S/C14H15F3N4O/c1-9-7-12(21(2)20-9)19-13(22)18-8-14(16,17)10-3-5-11(15)6-4-10/h3-7H,8H2,1-2H3,(H2,18,19,22). The average molecular weight is 312 g/mol. The van der Waals surface area contributed by atoms with E-state index in [1.807, 2.05) is 0 Å². The number of anilines is 1. The number of urea groups is 1. The van der Waals surface area contributed by atoms with E-state index in [-0.39, 0.29) is 5.56 Å². The second-order valence-corrected chi connectivity index (χ2v) is 4.81. The monoisotopic (exact) mass is 312 g/mol. The number of nitrogens with zero attached hydrogens (tertiary/aromatic N) is 2. The van der Waals surface area contributed by atoms with E-state index in [1.165, 1.54) is 4.68 Å². The van der Waals surface area contributed by atoms with Gasteiger partial charge in [-0.3, -0.25) is 10.00 Å². The molecule has 1 aromatic heterocycles. The van der Waals surface area contributed by atoms with Crippen molar-refractivity contribution in [2.24, 2.45) is 7.05 Å². The molecule has 0 atom stereocenters. The normalized spacial score (nSPS) is 11.3. The number of aryl methyl sites for hydroxylation is 2. The highest BCUT2D eigenvalue weighted by atomic mass is 19.3. The van der Waals surface area contributed by atoms with Gasteiger partial charge in [-0.25, -0.2) is 9.18 Å². The first-order valence-electron chi connectivity index (χ1n) is 6.47. The predicted octanol–water partition coefficient (Wildman–Crippen LogP) is 2.78. The van der Waals surface area contributed by atoms with Crippen LogP contribution in [0.25, 0.3) is 0 Å². The minimum atomic E-state index is -3.30. The molecule has 0 saturated heterocycles. The number of benzene rings is 1. The lowest BCUT2D eigenvalue weighted by molar-refractivity contribution is -0.000141. The fourth-order valence-electron chi connectivity index (χ4n) is 1.88. The fourth-order valence-corrected chi connectivity index (χ4v) is 1.88. The molecule has 0 fully saturated rings. The smallest absolute Gasteiger partial charge is 0.320 e. The van der Waals surface area contributed by atoms with Crippen LogP contribution in [0, 0.1) is 12.7 Å². The van der Waals surface area contributed by atoms with Crippen molar-refractivity contribution < 1.29 is 18.0 Å². The largest absolute Gasteiger partial charge is 0.331 e. The van der Waals surface area contributed by atoms with Gasteiger partial charge in [0.2, 0.25) is 0 Å². The number of alkyl halides is 2. The SMILES string of the molecule is Cc1cc(NC(=O)NCC(F)(F)c2ccc(F)cc2)n(C)n1. The molecule has 0 aliphatic carbocycles.